The molecule has 0 spiro atoms. The lowest BCUT2D eigenvalue weighted by Crippen LogP contribution is -1.93. The summed E-state index contributed by atoms with van der Waals surface area (Å²) in [5.74, 6) is 0. The molecule has 26 aromatic carbocycles. The van der Waals surface area contributed by atoms with E-state index in [9.17, 15) is 38.4 Å². The smallest absolute Gasteiger partial charge is 0.136 e. The summed E-state index contributed by atoms with van der Waals surface area (Å²) >= 11 is 0. The molecule has 0 atom stereocenters. The fourth-order valence-corrected chi connectivity index (χ4v) is 17.1. The van der Waals surface area contributed by atoms with Crippen LogP contribution in [0, 0.1) is 0 Å². The third kappa shape index (κ3) is 14.1. The highest BCUT2D eigenvalue weighted by Gasteiger charge is 2.28. The SMILES string of the molecule is [2H]c1c([2H])c([2H])c(-c2c([2H])c([2H])c(-c3c4c([2H])c([2H])c([2H])c([2H])c4c(-c4c([2H])c([2H])c([2H])c5oc6c([2H])c7c([2H])c([2H])c([2H])c([2H])c7c([2H])c6c45)c4c([2H])c([2H])c([2H])c([2H])c34)c([2H])c2-c2c([2H])c([2H])c([2H])c([2H])c2[2H])c([2H])c1[2H].[2H]c1c([2H])c([2H])c(-c2c([2H])c([2H])c([2H])c([2H])c2-c2c3c([2H])c([2H])c([2H])c([2H])c3c(-c3c([2H])c([2H])c([2H])c4oc5c([2H])c6c([2H])c([2H])c([2H])c([2H])c6c([2H])c5c34)c3c([2H])c([2H])c([2H])c([2H])c23)c([2H])c1[2H].[2H]c1cc2oc3c([2H])c4c([2H])c([2H])c([2H])c([2H])c4c([2H])c3c2c(-c2c3c([2H])c([2H])c([2H])c([2H])c3c(-c3c([2H])c(-c4c([2H])c([2H])c([2H])c([2H])c4[2H])c([2H])c(-c4c([2H])c([2H])c([2H])c([2H])c4[2H])c3[2H])c3c([2H])c([2H])c([2H])c([2H])c23)c1[2H]. The second-order valence-corrected chi connectivity index (χ2v) is 30.4. The Kier molecular flexibility index (Phi) is 8.08. The maximum absolute atomic E-state index is 10.1. The standard InChI is InChI=1S/2C48H30O.C42H26O/c1-3-14-31(15-4-1)35-26-36(32-16-5-2-6-17-32)28-37(27-35)46-38-20-9-11-22-40(38)47(41-23-12-10-21-39(41)46)42-24-13-25-44-48(42)43-29-33-18-7-8-19-34(33)30-45(43)49-44;1-3-14-31(15-4-1)36-27-26-35(29-42(36)32-16-5-2-6-17-32)46-37-20-9-11-22-39(37)47(40-23-12-10-21-38(40)46)41-24-13-25-44-48(41)43-28-33-18-7-8-19-34(33)30-45(43)49-44;1-2-13-27(14-3-1)30-17-6-7-18-31(30)40-32-19-8-10-21-34(32)41(35-22-11-9-20-33(35)40)36-23-12-24-38-42(36)37-25-28-15-4-5-16-29(28)26-39(37)43-38/h2*1-30H;1-26H/i1D,2D,3D,4D,5D,6D,7D,8D,9D,10D,11D,12D,13D,14D,15D,16D,17D,18D,19D,20D,21D,22D,23D,24D,26D,27D,28D,29D,30D;1D,2D,3D,4D,5D,6D,7D,8D,9D,10D,11D,12D,13D,14D,15D,16D,17D,18D,19D,20D,21D,22D,23D,24D,25D,26D,27D,28D,29D,30D;1D,2D,3D,4D,5D,6D,7D,8D,9D,10D,11D,12D,13D,14D,15D,16D,17D,18D,19D,20D,21D,22D,23D,24D,25D,26D. The molecule has 0 bridgehead atoms. The molecule has 0 saturated carbocycles. The first-order valence-corrected chi connectivity index (χ1v) is 41.6. The fourth-order valence-electron chi connectivity index (χ4n) is 17.1. The fraction of sp³-hybridized carbons (Fsp3) is 0. The van der Waals surface area contributed by atoms with Crippen molar-refractivity contribution in [3.05, 3.63) is 520 Å². The second-order valence-electron chi connectivity index (χ2n) is 30.4. The van der Waals surface area contributed by atoms with E-state index < -0.39 is 799 Å². The zero-order valence-electron chi connectivity index (χ0n) is 155. The van der Waals surface area contributed by atoms with E-state index in [1.54, 1.807) is 0 Å². The van der Waals surface area contributed by atoms with E-state index in [0.717, 1.165) is 6.07 Å². The average molecular weight is 1880 g/mol. The quantitative estimate of drug-likeness (QED) is 0.121. The Morgan fingerprint density at radius 2 is 0.369 bits per heavy atom. The Morgan fingerprint density at radius 1 is 0.121 bits per heavy atom. The van der Waals surface area contributed by atoms with Crippen LogP contribution in [0.4, 0.5) is 0 Å². The predicted molar refractivity (Wildman–Crippen MR) is 599 cm³/mol. The van der Waals surface area contributed by atoms with Crippen molar-refractivity contribution in [2.45, 2.75) is 0 Å². The van der Waals surface area contributed by atoms with Crippen molar-refractivity contribution in [1.29, 1.82) is 0 Å². The summed E-state index contributed by atoms with van der Waals surface area (Å²) in [7, 11) is 0. The highest BCUT2D eigenvalue weighted by molar-refractivity contribution is 6.31. The van der Waals surface area contributed by atoms with Gasteiger partial charge in [0.15, 0.2) is 0 Å². The van der Waals surface area contributed by atoms with Gasteiger partial charge in [-0.25, -0.2) is 0 Å². The zero-order valence-corrected chi connectivity index (χ0v) is 70.3. The van der Waals surface area contributed by atoms with Gasteiger partial charge in [0.2, 0.25) is 0 Å². The minimum atomic E-state index is -1.20. The molecule has 0 aliphatic heterocycles. The highest BCUT2D eigenvalue weighted by Crippen LogP contribution is 2.54. The van der Waals surface area contributed by atoms with E-state index in [-0.39, 0.29) is 0 Å². The molecule has 29 rings (SSSR count). The van der Waals surface area contributed by atoms with E-state index in [1.165, 1.54) is 0 Å². The van der Waals surface area contributed by atoms with Crippen LogP contribution in [0.3, 0.4) is 0 Å². The van der Waals surface area contributed by atoms with Gasteiger partial charge in [0.1, 0.15) is 33.5 Å². The summed E-state index contributed by atoms with van der Waals surface area (Å²) in [6.07, 6.45) is 0. The molecule has 0 saturated heterocycles. The van der Waals surface area contributed by atoms with Crippen LogP contribution in [0.5, 0.6) is 0 Å². The first kappa shape index (κ1) is 33.1. The van der Waals surface area contributed by atoms with Crippen LogP contribution >= 0.6 is 0 Å². The summed E-state index contributed by atoms with van der Waals surface area (Å²) in [5.41, 5.74) is -22.2. The van der Waals surface area contributed by atoms with Crippen LogP contribution in [-0.2, 0) is 0 Å². The topological polar surface area (TPSA) is 39.4 Å². The molecule has 0 N–H and O–H groups in total. The lowest BCUT2D eigenvalue weighted by molar-refractivity contribution is 0.669. The lowest BCUT2D eigenvalue weighted by atomic mass is 9.83. The zero-order chi connectivity index (χ0) is 167. The van der Waals surface area contributed by atoms with Crippen molar-refractivity contribution < 1.29 is 130 Å². The third-order valence-corrected chi connectivity index (χ3v) is 22.8. The molecule has 3 heteroatoms. The van der Waals surface area contributed by atoms with Gasteiger partial charge in [-0.15, -0.1) is 0 Å². The minimum absolute atomic E-state index is 0.415. The van der Waals surface area contributed by atoms with E-state index in [2.05, 4.69) is 0 Å². The Balaban J connectivity index is 0.000000151. The number of hydrogen-bond acceptors (Lipinski definition) is 3. The van der Waals surface area contributed by atoms with E-state index >= 15 is 0 Å². The molecule has 656 valence electrons. The first-order chi connectivity index (χ1) is 105. The number of rotatable bonds is 11. The molecule has 3 heterocycles. The van der Waals surface area contributed by atoms with Crippen LogP contribution in [0.15, 0.2) is 533 Å². The van der Waals surface area contributed by atoms with Crippen LogP contribution in [0.2, 0.25) is 0 Å². The van der Waals surface area contributed by atoms with E-state index in [0.29, 0.717) is 0 Å². The maximum atomic E-state index is 10.1. The predicted octanol–water partition coefficient (Wildman–Crippen LogP) is 39.5. The Bertz CT molecular complexity index is 15300. The average Bonchev–Trinajstić information content (AvgIpc) is 1.38. The van der Waals surface area contributed by atoms with Gasteiger partial charge in [-0.05, 0) is 298 Å². The Labute approximate surface area is 933 Å². The Hall–Kier alpha value is -18.5. The van der Waals surface area contributed by atoms with Crippen LogP contribution < -0.4 is 0 Å². The molecule has 0 aliphatic carbocycles. The van der Waals surface area contributed by atoms with Gasteiger partial charge in [-0.1, -0.05) is 441 Å². The van der Waals surface area contributed by atoms with E-state index in [1.807, 2.05) is 0 Å². The van der Waals surface area contributed by atoms with Gasteiger partial charge in [-0.3, -0.25) is 0 Å². The molecule has 0 unspecified atom stereocenters. The molecular formula is C138H86O3. The lowest BCUT2D eigenvalue weighted by Gasteiger charge is -2.20. The van der Waals surface area contributed by atoms with Crippen molar-refractivity contribution in [2.24, 2.45) is 0 Å². The monoisotopic (exact) mass is 1880 g/mol. The molecular weight excluding hydrogens is 1710 g/mol. The Morgan fingerprint density at radius 3 is 0.730 bits per heavy atom. The summed E-state index contributed by atoms with van der Waals surface area (Å²) in [6, 6.07) is -81.2. The largest absolute Gasteiger partial charge is 0.456 e. The second kappa shape index (κ2) is 34.4. The van der Waals surface area contributed by atoms with Crippen molar-refractivity contribution in [2.75, 3.05) is 0 Å². The van der Waals surface area contributed by atoms with E-state index in [4.69, 9.17) is 91.4 Å². The normalized spacial score (nSPS) is 20.1. The van der Waals surface area contributed by atoms with Crippen LogP contribution in [0.25, 0.3) is 285 Å². The number of hydrogen-bond donors (Lipinski definition) is 0. The van der Waals surface area contributed by atoms with Gasteiger partial charge in [0.25, 0.3) is 0 Å². The minimum Gasteiger partial charge on any atom is -0.456 e. The van der Waals surface area contributed by atoms with Gasteiger partial charge >= 0.3 is 0 Å². The molecule has 0 aliphatic rings. The molecule has 0 radical (unpaired) electrons. The molecule has 0 fully saturated rings. The van der Waals surface area contributed by atoms with Gasteiger partial charge in [0, 0.05) is 32.3 Å². The summed E-state index contributed by atoms with van der Waals surface area (Å²) in [5, 5.41) is -15.6. The number of furan rings is 3. The van der Waals surface area contributed by atoms with Crippen LogP contribution in [-0.4, -0.2) is 0 Å². The van der Waals surface area contributed by atoms with Crippen LogP contribution in [0.1, 0.15) is 117 Å². The first-order valence-electron chi connectivity index (χ1n) is 84.1. The van der Waals surface area contributed by atoms with Gasteiger partial charge in [0.05, 0.1) is 117 Å². The number of fused-ring (bicyclic) bond motifs is 18. The molecule has 0 amide bonds. The molecule has 141 heavy (non-hydrogen) atoms. The van der Waals surface area contributed by atoms with Crippen molar-refractivity contribution in [3.63, 3.8) is 0 Å². The maximum Gasteiger partial charge on any atom is 0.136 e. The number of benzene rings is 26. The van der Waals surface area contributed by atoms with Gasteiger partial charge in [-0.2, -0.15) is 0 Å². The van der Waals surface area contributed by atoms with Gasteiger partial charge < -0.3 is 13.3 Å². The summed E-state index contributed by atoms with van der Waals surface area (Å²) in [4.78, 5) is 0. The van der Waals surface area contributed by atoms with Crippen molar-refractivity contribution in [3.8, 4) is 122 Å². The third-order valence-electron chi connectivity index (χ3n) is 22.8. The van der Waals surface area contributed by atoms with Crippen molar-refractivity contribution >= 4 is 163 Å². The van der Waals surface area contributed by atoms with Crippen molar-refractivity contribution in [1.82, 2.24) is 0 Å². The molecule has 3 nitrogen and oxygen atoms in total. The summed E-state index contributed by atoms with van der Waals surface area (Å²) in [6.45, 7) is 0. The molecule has 3 aromatic heterocycles. The highest BCUT2D eigenvalue weighted by atomic mass is 16.3. The molecule has 29 aromatic rings. The summed E-state index contributed by atoms with van der Waals surface area (Å²) < 4.78 is 785.